The van der Waals surface area contributed by atoms with E-state index in [9.17, 15) is 15.3 Å². The Morgan fingerprint density at radius 1 is 1.24 bits per heavy atom. The second-order valence-corrected chi connectivity index (χ2v) is 10.5. The van der Waals surface area contributed by atoms with Crippen LogP contribution in [0.25, 0.3) is 0 Å². The van der Waals surface area contributed by atoms with Gasteiger partial charge in [-0.25, -0.2) is 9.78 Å². The molecule has 7 nitrogen and oxygen atoms in total. The third kappa shape index (κ3) is 5.77. The molecule has 2 heterocycles. The normalized spacial score (nSPS) is 17.4. The average Bonchev–Trinajstić information content (AvgIpc) is 3.11. The van der Waals surface area contributed by atoms with Crippen molar-refractivity contribution in [2.24, 2.45) is 5.73 Å². The van der Waals surface area contributed by atoms with Gasteiger partial charge in [-0.2, -0.15) is 10.5 Å². The quantitative estimate of drug-likeness (QED) is 0.285. The minimum atomic E-state index is -0.857. The summed E-state index contributed by atoms with van der Waals surface area (Å²) in [7, 11) is 0. The van der Waals surface area contributed by atoms with Gasteiger partial charge in [0.05, 0.1) is 28.9 Å². The van der Waals surface area contributed by atoms with Gasteiger partial charge in [0.25, 0.3) is 0 Å². The molecule has 1 atom stereocenters. The summed E-state index contributed by atoms with van der Waals surface area (Å²) in [5, 5.41) is 20.7. The highest BCUT2D eigenvalue weighted by Gasteiger charge is 2.39. The largest absolute Gasteiger partial charge is 0.459 e. The molecule has 0 amide bonds. The van der Waals surface area contributed by atoms with Crippen LogP contribution in [0, 0.1) is 22.7 Å². The topological polar surface area (TPSA) is 122 Å². The van der Waals surface area contributed by atoms with E-state index in [4.69, 9.17) is 31.8 Å². The standard InChI is InChI=1S/C28H27ClN4O3S/c1-16(2)35-28(34)25-23(36-26(32)20(14-31)24(25)19-9-6-7-10-21(19)29)15-37-27-18(13-30)12-17-8-4-3-5-11-22(17)33-27/h6-7,9-10,12,16,24H,3-5,8,11,15,32H2,1-2H3/t24-/m0/s1. The molecule has 1 aromatic carbocycles. The summed E-state index contributed by atoms with van der Waals surface area (Å²) >= 11 is 7.80. The Balaban J connectivity index is 1.78. The molecule has 0 saturated carbocycles. The molecule has 2 aromatic rings. The van der Waals surface area contributed by atoms with Crippen LogP contribution in [-0.2, 0) is 27.1 Å². The van der Waals surface area contributed by atoms with Gasteiger partial charge in [-0.3, -0.25) is 0 Å². The number of nitriles is 2. The summed E-state index contributed by atoms with van der Waals surface area (Å²) in [6, 6.07) is 13.3. The van der Waals surface area contributed by atoms with E-state index < -0.39 is 18.0 Å². The van der Waals surface area contributed by atoms with E-state index in [1.807, 2.05) is 6.07 Å². The predicted octanol–water partition coefficient (Wildman–Crippen LogP) is 5.68. The number of carbonyl (C=O) groups excluding carboxylic acids is 1. The maximum absolute atomic E-state index is 13.4. The Labute approximate surface area is 225 Å². The first-order valence-electron chi connectivity index (χ1n) is 12.2. The first-order chi connectivity index (χ1) is 17.8. The number of hydrogen-bond donors (Lipinski definition) is 1. The van der Waals surface area contributed by atoms with Crippen molar-refractivity contribution in [1.29, 1.82) is 10.5 Å². The Hall–Kier alpha value is -3.46. The van der Waals surface area contributed by atoms with Crippen LogP contribution in [0.4, 0.5) is 0 Å². The highest BCUT2D eigenvalue weighted by molar-refractivity contribution is 7.99. The van der Waals surface area contributed by atoms with Crippen molar-refractivity contribution in [2.45, 2.75) is 63.0 Å². The van der Waals surface area contributed by atoms with Crippen LogP contribution in [0.5, 0.6) is 0 Å². The van der Waals surface area contributed by atoms with E-state index in [0.717, 1.165) is 43.4 Å². The maximum Gasteiger partial charge on any atom is 0.338 e. The van der Waals surface area contributed by atoms with Crippen molar-refractivity contribution < 1.29 is 14.3 Å². The molecule has 0 spiro atoms. The molecule has 0 radical (unpaired) electrons. The third-order valence-corrected chi connectivity index (χ3v) is 7.59. The number of fused-ring (bicyclic) bond motifs is 1. The van der Waals surface area contributed by atoms with E-state index in [-0.39, 0.29) is 28.5 Å². The number of nitrogens with two attached hydrogens (primary N) is 1. The second kappa shape index (κ2) is 11.7. The molecule has 2 N–H and O–H groups in total. The number of hydrogen-bond acceptors (Lipinski definition) is 8. The van der Waals surface area contributed by atoms with Crippen LogP contribution >= 0.6 is 23.4 Å². The zero-order valence-corrected chi connectivity index (χ0v) is 22.3. The average molecular weight is 535 g/mol. The Kier molecular flexibility index (Phi) is 8.43. The molecule has 0 saturated heterocycles. The van der Waals surface area contributed by atoms with Gasteiger partial charge in [0.1, 0.15) is 28.5 Å². The lowest BCUT2D eigenvalue weighted by atomic mass is 9.83. The molecule has 9 heteroatoms. The third-order valence-electron chi connectivity index (χ3n) is 6.25. The van der Waals surface area contributed by atoms with Crippen molar-refractivity contribution in [2.75, 3.05) is 5.75 Å². The van der Waals surface area contributed by atoms with E-state index in [2.05, 4.69) is 12.1 Å². The second-order valence-electron chi connectivity index (χ2n) is 9.15. The molecule has 0 fully saturated rings. The Morgan fingerprint density at radius 2 is 2.00 bits per heavy atom. The molecule has 0 bridgehead atoms. The first-order valence-corrected chi connectivity index (χ1v) is 13.5. The van der Waals surface area contributed by atoms with Crippen molar-refractivity contribution in [3.8, 4) is 12.1 Å². The molecule has 37 heavy (non-hydrogen) atoms. The van der Waals surface area contributed by atoms with Crippen molar-refractivity contribution in [3.05, 3.63) is 80.5 Å². The molecule has 1 aromatic heterocycles. The fourth-order valence-electron chi connectivity index (χ4n) is 4.56. The van der Waals surface area contributed by atoms with Gasteiger partial charge in [-0.05, 0) is 62.8 Å². The molecule has 4 rings (SSSR count). The molecule has 2 aliphatic rings. The van der Waals surface area contributed by atoms with Gasteiger partial charge >= 0.3 is 5.97 Å². The van der Waals surface area contributed by atoms with Gasteiger partial charge < -0.3 is 15.2 Å². The lowest BCUT2D eigenvalue weighted by Gasteiger charge is -2.29. The van der Waals surface area contributed by atoms with Gasteiger partial charge in [0, 0.05) is 10.7 Å². The summed E-state index contributed by atoms with van der Waals surface area (Å²) in [5.74, 6) is -1.17. The van der Waals surface area contributed by atoms with E-state index >= 15 is 0 Å². The molecule has 1 aliphatic carbocycles. The minimum absolute atomic E-state index is 0.0819. The van der Waals surface area contributed by atoms with Crippen molar-refractivity contribution >= 4 is 29.3 Å². The zero-order valence-electron chi connectivity index (χ0n) is 20.7. The fourth-order valence-corrected chi connectivity index (χ4v) is 5.72. The van der Waals surface area contributed by atoms with Gasteiger partial charge in [-0.1, -0.05) is 48.0 Å². The lowest BCUT2D eigenvalue weighted by Crippen LogP contribution is -2.28. The van der Waals surface area contributed by atoms with E-state index in [0.29, 0.717) is 21.2 Å². The molecule has 190 valence electrons. The summed E-state index contributed by atoms with van der Waals surface area (Å²) in [6.07, 6.45) is 4.68. The summed E-state index contributed by atoms with van der Waals surface area (Å²) in [5.41, 5.74) is 9.59. The van der Waals surface area contributed by atoms with Crippen molar-refractivity contribution in [1.82, 2.24) is 4.98 Å². The van der Waals surface area contributed by atoms with Crippen LogP contribution < -0.4 is 5.73 Å². The van der Waals surface area contributed by atoms with Crippen LogP contribution in [0.3, 0.4) is 0 Å². The predicted molar refractivity (Wildman–Crippen MR) is 141 cm³/mol. The number of pyridine rings is 1. The molecule has 0 unspecified atom stereocenters. The number of nitrogens with zero attached hydrogens (tertiary/aromatic N) is 3. The van der Waals surface area contributed by atoms with Crippen LogP contribution in [-0.4, -0.2) is 22.8 Å². The minimum Gasteiger partial charge on any atom is -0.459 e. The lowest BCUT2D eigenvalue weighted by molar-refractivity contribution is -0.143. The Bertz CT molecular complexity index is 1370. The number of rotatable bonds is 6. The highest BCUT2D eigenvalue weighted by atomic mass is 35.5. The van der Waals surface area contributed by atoms with Crippen molar-refractivity contribution in [3.63, 3.8) is 0 Å². The summed E-state index contributed by atoms with van der Waals surface area (Å²) in [4.78, 5) is 18.2. The summed E-state index contributed by atoms with van der Waals surface area (Å²) < 4.78 is 11.4. The smallest absolute Gasteiger partial charge is 0.338 e. The number of benzene rings is 1. The number of halogens is 1. The maximum atomic E-state index is 13.4. The number of ether oxygens (including phenoxy) is 2. The molecule has 1 aliphatic heterocycles. The number of carbonyl (C=O) groups is 1. The SMILES string of the molecule is CC(C)OC(=O)C1=C(CSc2nc3c(cc2C#N)CCCCC3)OC(N)=C(C#N)[C@@H]1c1ccccc1Cl. The van der Waals surface area contributed by atoms with Gasteiger partial charge in [-0.15, -0.1) is 0 Å². The first kappa shape index (κ1) is 26.6. The number of aromatic nitrogens is 1. The van der Waals surface area contributed by atoms with Gasteiger partial charge in [0.15, 0.2) is 0 Å². The van der Waals surface area contributed by atoms with Crippen LogP contribution in [0.1, 0.15) is 61.4 Å². The molecular weight excluding hydrogens is 508 g/mol. The van der Waals surface area contributed by atoms with Gasteiger partial charge in [0.2, 0.25) is 5.88 Å². The zero-order chi connectivity index (χ0) is 26.5. The number of thioether (sulfide) groups is 1. The monoisotopic (exact) mass is 534 g/mol. The number of aryl methyl sites for hydroxylation is 2. The van der Waals surface area contributed by atoms with Crippen LogP contribution in [0.15, 0.2) is 58.1 Å². The van der Waals surface area contributed by atoms with E-state index in [1.54, 1.807) is 38.1 Å². The Morgan fingerprint density at radius 3 is 2.70 bits per heavy atom. The highest BCUT2D eigenvalue weighted by Crippen LogP contribution is 2.43. The number of allylic oxidation sites excluding steroid dienone is 1. The fraction of sp³-hybridized carbons (Fsp3) is 0.357. The summed E-state index contributed by atoms with van der Waals surface area (Å²) in [6.45, 7) is 3.49. The number of esters is 1. The molecular formula is C28H27ClN4O3S. The van der Waals surface area contributed by atoms with Crippen LogP contribution in [0.2, 0.25) is 5.02 Å². The van der Waals surface area contributed by atoms with E-state index in [1.165, 1.54) is 11.8 Å².